The molecule has 6 heteroatoms. The zero-order valence-electron chi connectivity index (χ0n) is 13.0. The van der Waals surface area contributed by atoms with E-state index < -0.39 is 0 Å². The molecule has 0 aliphatic carbocycles. The molecule has 1 fully saturated rings. The summed E-state index contributed by atoms with van der Waals surface area (Å²) < 4.78 is 7.09. The standard InChI is InChI=1S/C17H18N4OS/c1-11-10-23-15-14(11)20-16(12-4-7-18-8-5-12)21-17(15)22-9-13-3-2-6-19-13/h4-5,7-8,10,13,19H,2-3,6,9H2,1H3/t13-/m1/s1. The number of fused-ring (bicyclic) bond motifs is 1. The zero-order valence-corrected chi connectivity index (χ0v) is 13.8. The molecule has 3 aromatic heterocycles. The summed E-state index contributed by atoms with van der Waals surface area (Å²) >= 11 is 1.64. The molecule has 4 rings (SSSR count). The number of rotatable bonds is 4. The molecular formula is C17H18N4OS. The average Bonchev–Trinajstić information content (AvgIpc) is 3.24. The van der Waals surface area contributed by atoms with Gasteiger partial charge in [-0.15, -0.1) is 11.3 Å². The Morgan fingerprint density at radius 2 is 2.17 bits per heavy atom. The largest absolute Gasteiger partial charge is 0.475 e. The fraction of sp³-hybridized carbons (Fsp3) is 0.353. The van der Waals surface area contributed by atoms with Crippen molar-refractivity contribution in [3.63, 3.8) is 0 Å². The molecule has 0 spiro atoms. The Hall–Kier alpha value is -2.05. The molecule has 0 radical (unpaired) electrons. The van der Waals surface area contributed by atoms with E-state index in [1.807, 2.05) is 12.1 Å². The Labute approximate surface area is 138 Å². The second-order valence-corrected chi connectivity index (χ2v) is 6.67. The van der Waals surface area contributed by atoms with Crippen molar-refractivity contribution < 1.29 is 4.74 Å². The molecule has 0 saturated carbocycles. The van der Waals surface area contributed by atoms with Gasteiger partial charge in [-0.25, -0.2) is 4.98 Å². The molecule has 1 aliphatic heterocycles. The maximum absolute atomic E-state index is 6.06. The number of aromatic nitrogens is 3. The van der Waals surface area contributed by atoms with Crippen molar-refractivity contribution in [3.8, 4) is 17.3 Å². The molecule has 0 amide bonds. The van der Waals surface area contributed by atoms with Crippen LogP contribution in [0.5, 0.6) is 5.88 Å². The van der Waals surface area contributed by atoms with Gasteiger partial charge in [0.1, 0.15) is 11.3 Å². The Morgan fingerprint density at radius 1 is 1.30 bits per heavy atom. The van der Waals surface area contributed by atoms with Crippen molar-refractivity contribution in [1.29, 1.82) is 0 Å². The molecule has 1 atom stereocenters. The van der Waals surface area contributed by atoms with Crippen LogP contribution in [-0.4, -0.2) is 34.1 Å². The molecular weight excluding hydrogens is 308 g/mol. The van der Waals surface area contributed by atoms with Crippen LogP contribution in [0, 0.1) is 6.92 Å². The van der Waals surface area contributed by atoms with Crippen molar-refractivity contribution in [2.24, 2.45) is 0 Å². The van der Waals surface area contributed by atoms with Crippen LogP contribution in [0.4, 0.5) is 0 Å². The first-order chi connectivity index (χ1) is 11.3. The van der Waals surface area contributed by atoms with Crippen LogP contribution < -0.4 is 10.1 Å². The quantitative estimate of drug-likeness (QED) is 0.798. The summed E-state index contributed by atoms with van der Waals surface area (Å²) in [4.78, 5) is 13.4. The van der Waals surface area contributed by atoms with E-state index >= 15 is 0 Å². The van der Waals surface area contributed by atoms with Crippen LogP contribution >= 0.6 is 11.3 Å². The molecule has 1 aliphatic rings. The predicted molar refractivity (Wildman–Crippen MR) is 91.9 cm³/mol. The van der Waals surface area contributed by atoms with E-state index in [2.05, 4.69) is 27.6 Å². The molecule has 23 heavy (non-hydrogen) atoms. The highest BCUT2D eigenvalue weighted by molar-refractivity contribution is 7.17. The summed E-state index contributed by atoms with van der Waals surface area (Å²) in [6, 6.07) is 4.27. The average molecular weight is 326 g/mol. The van der Waals surface area contributed by atoms with Gasteiger partial charge in [-0.3, -0.25) is 4.98 Å². The third kappa shape index (κ3) is 2.92. The maximum Gasteiger partial charge on any atom is 0.235 e. The summed E-state index contributed by atoms with van der Waals surface area (Å²) in [5.41, 5.74) is 3.09. The third-order valence-electron chi connectivity index (χ3n) is 4.08. The Bertz CT molecular complexity index is 812. The fourth-order valence-corrected chi connectivity index (χ4v) is 3.74. The van der Waals surface area contributed by atoms with Crippen LogP contribution in [0.15, 0.2) is 29.9 Å². The smallest absolute Gasteiger partial charge is 0.235 e. The highest BCUT2D eigenvalue weighted by Gasteiger charge is 2.18. The van der Waals surface area contributed by atoms with E-state index in [-0.39, 0.29) is 0 Å². The molecule has 0 unspecified atom stereocenters. The van der Waals surface area contributed by atoms with Crippen LogP contribution in [-0.2, 0) is 0 Å². The van der Waals surface area contributed by atoms with Gasteiger partial charge in [0, 0.05) is 24.0 Å². The van der Waals surface area contributed by atoms with E-state index in [9.17, 15) is 0 Å². The Morgan fingerprint density at radius 3 is 2.96 bits per heavy atom. The number of hydrogen-bond donors (Lipinski definition) is 1. The second kappa shape index (κ2) is 6.22. The van der Waals surface area contributed by atoms with Crippen molar-refractivity contribution in [1.82, 2.24) is 20.3 Å². The number of pyridine rings is 1. The van der Waals surface area contributed by atoms with Gasteiger partial charge in [0.25, 0.3) is 0 Å². The van der Waals surface area contributed by atoms with Crippen molar-refractivity contribution in [3.05, 3.63) is 35.5 Å². The molecule has 118 valence electrons. The molecule has 3 aromatic rings. The van der Waals surface area contributed by atoms with E-state index in [0.717, 1.165) is 34.3 Å². The molecule has 0 bridgehead atoms. The molecule has 4 heterocycles. The van der Waals surface area contributed by atoms with Crippen molar-refractivity contribution in [2.45, 2.75) is 25.8 Å². The highest BCUT2D eigenvalue weighted by atomic mass is 32.1. The molecule has 5 nitrogen and oxygen atoms in total. The summed E-state index contributed by atoms with van der Waals surface area (Å²) in [5, 5.41) is 5.56. The minimum absolute atomic E-state index is 0.422. The lowest BCUT2D eigenvalue weighted by Crippen LogP contribution is -2.28. The van der Waals surface area contributed by atoms with Gasteiger partial charge >= 0.3 is 0 Å². The third-order valence-corrected chi connectivity index (χ3v) is 5.16. The predicted octanol–water partition coefficient (Wildman–Crippen LogP) is 3.19. The Balaban J connectivity index is 1.72. The summed E-state index contributed by atoms with van der Waals surface area (Å²) in [6.45, 7) is 3.80. The number of ether oxygens (including phenoxy) is 1. The lowest BCUT2D eigenvalue weighted by molar-refractivity contribution is 0.271. The highest BCUT2D eigenvalue weighted by Crippen LogP contribution is 2.33. The number of nitrogens with one attached hydrogen (secondary N) is 1. The summed E-state index contributed by atoms with van der Waals surface area (Å²) in [7, 11) is 0. The van der Waals surface area contributed by atoms with Crippen LogP contribution in [0.25, 0.3) is 21.6 Å². The van der Waals surface area contributed by atoms with Crippen molar-refractivity contribution in [2.75, 3.05) is 13.2 Å². The molecule has 1 N–H and O–H groups in total. The lowest BCUT2D eigenvalue weighted by Gasteiger charge is -2.12. The second-order valence-electron chi connectivity index (χ2n) is 5.79. The van der Waals surface area contributed by atoms with Gasteiger partial charge in [-0.2, -0.15) is 4.98 Å². The van der Waals surface area contributed by atoms with Gasteiger partial charge in [0.2, 0.25) is 5.88 Å². The van der Waals surface area contributed by atoms with E-state index in [1.165, 1.54) is 6.42 Å². The van der Waals surface area contributed by atoms with Gasteiger partial charge in [0.05, 0.1) is 5.52 Å². The molecule has 0 aromatic carbocycles. The SMILES string of the molecule is Cc1csc2c(OC[C@H]3CCCN3)nc(-c3ccncc3)nc12. The van der Waals surface area contributed by atoms with Crippen molar-refractivity contribution >= 4 is 21.6 Å². The Kier molecular flexibility index (Phi) is 3.93. The van der Waals surface area contributed by atoms with Gasteiger partial charge in [0.15, 0.2) is 5.82 Å². The maximum atomic E-state index is 6.06. The first kappa shape index (κ1) is 14.5. The van der Waals surface area contributed by atoms with Gasteiger partial charge in [-0.05, 0) is 49.4 Å². The number of thiophene rings is 1. The van der Waals surface area contributed by atoms with Crippen LogP contribution in [0.2, 0.25) is 0 Å². The lowest BCUT2D eigenvalue weighted by atomic mass is 10.2. The summed E-state index contributed by atoms with van der Waals surface area (Å²) in [5.74, 6) is 1.38. The van der Waals surface area contributed by atoms with Gasteiger partial charge < -0.3 is 10.1 Å². The minimum atomic E-state index is 0.422. The zero-order chi connectivity index (χ0) is 15.6. The topological polar surface area (TPSA) is 59.9 Å². The normalized spacial score (nSPS) is 17.7. The number of nitrogens with zero attached hydrogens (tertiary/aromatic N) is 3. The van der Waals surface area contributed by atoms with E-state index in [0.29, 0.717) is 24.4 Å². The molecule has 1 saturated heterocycles. The van der Waals surface area contributed by atoms with Crippen LogP contribution in [0.3, 0.4) is 0 Å². The fourth-order valence-electron chi connectivity index (χ4n) is 2.81. The minimum Gasteiger partial charge on any atom is -0.475 e. The van der Waals surface area contributed by atoms with E-state index in [4.69, 9.17) is 9.72 Å². The van der Waals surface area contributed by atoms with E-state index in [1.54, 1.807) is 23.7 Å². The van der Waals surface area contributed by atoms with Crippen LogP contribution in [0.1, 0.15) is 18.4 Å². The monoisotopic (exact) mass is 326 g/mol. The summed E-state index contributed by atoms with van der Waals surface area (Å²) in [6.07, 6.45) is 5.89. The first-order valence-electron chi connectivity index (χ1n) is 7.83. The number of hydrogen-bond acceptors (Lipinski definition) is 6. The number of aryl methyl sites for hydroxylation is 1. The van der Waals surface area contributed by atoms with Gasteiger partial charge in [-0.1, -0.05) is 0 Å². The first-order valence-corrected chi connectivity index (χ1v) is 8.71.